The van der Waals surface area contributed by atoms with Gasteiger partial charge in [0.15, 0.2) is 0 Å². The van der Waals surface area contributed by atoms with Gasteiger partial charge in [0, 0.05) is 18.1 Å². The number of hydrogen-bond donors (Lipinski definition) is 1. The Bertz CT molecular complexity index is 722. The first-order valence-electron chi connectivity index (χ1n) is 6.59. The summed E-state index contributed by atoms with van der Waals surface area (Å²) in [7, 11) is 1.58. The van der Waals surface area contributed by atoms with Crippen LogP contribution in [0, 0.1) is 11.3 Å². The van der Waals surface area contributed by atoms with Gasteiger partial charge in [-0.1, -0.05) is 0 Å². The topological polar surface area (TPSA) is 70.8 Å². The van der Waals surface area contributed by atoms with Crippen molar-refractivity contribution in [2.75, 3.05) is 12.4 Å². The number of methoxy groups -OCH3 is 1. The molecule has 1 aliphatic carbocycles. The van der Waals surface area contributed by atoms with E-state index in [1.807, 2.05) is 12.1 Å². The van der Waals surface area contributed by atoms with Crippen molar-refractivity contribution in [1.29, 1.82) is 5.26 Å². The lowest BCUT2D eigenvalue weighted by atomic mass is 10.2. The van der Waals surface area contributed by atoms with Gasteiger partial charge in [-0.2, -0.15) is 5.26 Å². The standard InChI is InChI=1S/C15H13BrN4O/c1-21-12-6-9(8-17)2-5-11(12)18-14-7-13(16)19-15(20-14)10-3-4-10/h2,5-7,10H,3-4H2,1H3,(H,18,19,20). The number of hydrogen-bond acceptors (Lipinski definition) is 5. The number of nitrogens with zero attached hydrogens (tertiary/aromatic N) is 3. The van der Waals surface area contributed by atoms with Crippen molar-refractivity contribution in [2.45, 2.75) is 18.8 Å². The van der Waals surface area contributed by atoms with Gasteiger partial charge < -0.3 is 10.1 Å². The Morgan fingerprint density at radius 2 is 2.14 bits per heavy atom. The molecule has 1 fully saturated rings. The van der Waals surface area contributed by atoms with Crippen molar-refractivity contribution in [1.82, 2.24) is 9.97 Å². The molecule has 21 heavy (non-hydrogen) atoms. The zero-order chi connectivity index (χ0) is 14.8. The lowest BCUT2D eigenvalue weighted by Gasteiger charge is -2.11. The van der Waals surface area contributed by atoms with E-state index in [0.29, 0.717) is 23.0 Å². The van der Waals surface area contributed by atoms with Crippen LogP contribution in [0.2, 0.25) is 0 Å². The summed E-state index contributed by atoms with van der Waals surface area (Å²) < 4.78 is 6.07. The van der Waals surface area contributed by atoms with Crippen molar-refractivity contribution in [2.24, 2.45) is 0 Å². The minimum atomic E-state index is 0.478. The zero-order valence-electron chi connectivity index (χ0n) is 11.4. The highest BCUT2D eigenvalue weighted by Gasteiger charge is 2.27. The Morgan fingerprint density at radius 3 is 2.81 bits per heavy atom. The lowest BCUT2D eigenvalue weighted by Crippen LogP contribution is -2.01. The molecule has 6 heteroatoms. The molecule has 1 heterocycles. The molecule has 1 aliphatic rings. The average molecular weight is 345 g/mol. The minimum Gasteiger partial charge on any atom is -0.495 e. The molecule has 1 N–H and O–H groups in total. The number of rotatable bonds is 4. The lowest BCUT2D eigenvalue weighted by molar-refractivity contribution is 0.416. The molecule has 1 saturated carbocycles. The molecule has 0 spiro atoms. The third kappa shape index (κ3) is 3.14. The molecule has 1 aromatic heterocycles. The normalized spacial score (nSPS) is 13.6. The van der Waals surface area contributed by atoms with Gasteiger partial charge in [0.2, 0.25) is 0 Å². The summed E-state index contributed by atoms with van der Waals surface area (Å²) in [6.45, 7) is 0. The fourth-order valence-electron chi connectivity index (χ4n) is 2.03. The smallest absolute Gasteiger partial charge is 0.143 e. The van der Waals surface area contributed by atoms with E-state index in [1.54, 1.807) is 19.2 Å². The van der Waals surface area contributed by atoms with Gasteiger partial charge in [0.05, 0.1) is 24.4 Å². The van der Waals surface area contributed by atoms with E-state index in [-0.39, 0.29) is 0 Å². The molecule has 0 radical (unpaired) electrons. The molecule has 3 rings (SSSR count). The Balaban J connectivity index is 1.91. The molecule has 1 aromatic carbocycles. The molecule has 0 bridgehead atoms. The molecule has 2 aromatic rings. The number of nitriles is 1. The van der Waals surface area contributed by atoms with Gasteiger partial charge in [-0.15, -0.1) is 0 Å². The van der Waals surface area contributed by atoms with Crippen molar-refractivity contribution in [3.05, 3.63) is 40.3 Å². The Hall–Kier alpha value is -2.13. The Morgan fingerprint density at radius 1 is 1.33 bits per heavy atom. The molecule has 0 atom stereocenters. The summed E-state index contributed by atoms with van der Waals surface area (Å²) in [4.78, 5) is 8.93. The molecule has 0 aliphatic heterocycles. The van der Waals surface area contributed by atoms with Crippen LogP contribution in [0.15, 0.2) is 28.9 Å². The van der Waals surface area contributed by atoms with Gasteiger partial charge in [-0.3, -0.25) is 0 Å². The van der Waals surface area contributed by atoms with Crippen LogP contribution in [0.25, 0.3) is 0 Å². The number of halogens is 1. The predicted molar refractivity (Wildman–Crippen MR) is 82.7 cm³/mol. The van der Waals surface area contributed by atoms with Gasteiger partial charge in [0.25, 0.3) is 0 Å². The van der Waals surface area contributed by atoms with E-state index >= 15 is 0 Å². The summed E-state index contributed by atoms with van der Waals surface area (Å²) in [5.74, 6) is 2.66. The van der Waals surface area contributed by atoms with Gasteiger partial charge >= 0.3 is 0 Å². The van der Waals surface area contributed by atoms with Crippen LogP contribution in [-0.2, 0) is 0 Å². The van der Waals surface area contributed by atoms with E-state index in [0.717, 1.165) is 29.0 Å². The number of ether oxygens (including phenoxy) is 1. The number of nitrogens with one attached hydrogen (secondary N) is 1. The van der Waals surface area contributed by atoms with Crippen LogP contribution in [0.1, 0.15) is 30.1 Å². The summed E-state index contributed by atoms with van der Waals surface area (Å²) >= 11 is 3.42. The van der Waals surface area contributed by atoms with E-state index in [4.69, 9.17) is 10.00 Å². The van der Waals surface area contributed by atoms with Crippen LogP contribution in [-0.4, -0.2) is 17.1 Å². The second-order valence-electron chi connectivity index (χ2n) is 4.86. The molecular formula is C15H13BrN4O. The van der Waals surface area contributed by atoms with Gasteiger partial charge in [-0.05, 0) is 40.9 Å². The maximum atomic E-state index is 8.93. The van der Waals surface area contributed by atoms with Gasteiger partial charge in [-0.25, -0.2) is 9.97 Å². The summed E-state index contributed by atoms with van der Waals surface area (Å²) in [6, 6.07) is 9.16. The monoisotopic (exact) mass is 344 g/mol. The highest BCUT2D eigenvalue weighted by molar-refractivity contribution is 9.10. The Kier molecular flexibility index (Phi) is 3.76. The van der Waals surface area contributed by atoms with Crippen molar-refractivity contribution >= 4 is 27.4 Å². The second-order valence-corrected chi connectivity index (χ2v) is 5.67. The predicted octanol–water partition coefficient (Wildman–Crippen LogP) is 3.74. The molecular weight excluding hydrogens is 332 g/mol. The molecule has 106 valence electrons. The first kappa shape index (κ1) is 13.8. The number of anilines is 2. The van der Waals surface area contributed by atoms with Crippen LogP contribution in [0.3, 0.4) is 0 Å². The molecule has 0 amide bonds. The Labute approximate surface area is 131 Å². The van der Waals surface area contributed by atoms with E-state index in [2.05, 4.69) is 37.3 Å². The summed E-state index contributed by atoms with van der Waals surface area (Å²) in [6.07, 6.45) is 2.30. The fourth-order valence-corrected chi connectivity index (χ4v) is 2.42. The maximum Gasteiger partial charge on any atom is 0.143 e. The zero-order valence-corrected chi connectivity index (χ0v) is 13.0. The van der Waals surface area contributed by atoms with Crippen molar-refractivity contribution in [3.63, 3.8) is 0 Å². The molecule has 0 unspecified atom stereocenters. The highest BCUT2D eigenvalue weighted by Crippen LogP contribution is 2.39. The molecule has 5 nitrogen and oxygen atoms in total. The van der Waals surface area contributed by atoms with E-state index in [1.165, 1.54) is 0 Å². The second kappa shape index (κ2) is 5.70. The fraction of sp³-hybridized carbons (Fsp3) is 0.267. The maximum absolute atomic E-state index is 8.93. The summed E-state index contributed by atoms with van der Waals surface area (Å²) in [5.41, 5.74) is 1.32. The molecule has 0 saturated heterocycles. The third-order valence-electron chi connectivity index (χ3n) is 3.25. The third-order valence-corrected chi connectivity index (χ3v) is 3.65. The SMILES string of the molecule is COc1cc(C#N)ccc1Nc1cc(Br)nc(C2CC2)n1. The van der Waals surface area contributed by atoms with Crippen LogP contribution < -0.4 is 10.1 Å². The first-order chi connectivity index (χ1) is 10.2. The highest BCUT2D eigenvalue weighted by atomic mass is 79.9. The quantitative estimate of drug-likeness (QED) is 0.855. The summed E-state index contributed by atoms with van der Waals surface area (Å²) in [5, 5.41) is 12.1. The van der Waals surface area contributed by atoms with Crippen LogP contribution in [0.5, 0.6) is 5.75 Å². The van der Waals surface area contributed by atoms with Crippen molar-refractivity contribution < 1.29 is 4.74 Å². The minimum absolute atomic E-state index is 0.478. The van der Waals surface area contributed by atoms with Crippen molar-refractivity contribution in [3.8, 4) is 11.8 Å². The van der Waals surface area contributed by atoms with E-state index in [9.17, 15) is 0 Å². The van der Waals surface area contributed by atoms with Crippen LogP contribution in [0.4, 0.5) is 11.5 Å². The number of aromatic nitrogens is 2. The van der Waals surface area contributed by atoms with Gasteiger partial charge in [0.1, 0.15) is 22.0 Å². The number of benzene rings is 1. The first-order valence-corrected chi connectivity index (χ1v) is 7.38. The van der Waals surface area contributed by atoms with Crippen LogP contribution >= 0.6 is 15.9 Å². The average Bonchev–Trinajstić information content (AvgIpc) is 3.31. The largest absolute Gasteiger partial charge is 0.495 e. The van der Waals surface area contributed by atoms with E-state index < -0.39 is 0 Å².